The van der Waals surface area contributed by atoms with E-state index in [0.29, 0.717) is 22.5 Å². The van der Waals surface area contributed by atoms with E-state index in [4.69, 9.17) is 0 Å². The molecular formula is C21H21N3O5S. The van der Waals surface area contributed by atoms with Crippen LogP contribution in [0.4, 0.5) is 5.69 Å². The first kappa shape index (κ1) is 20.1. The number of fused-ring (bicyclic) bond motifs is 1. The number of rotatable bonds is 4. The van der Waals surface area contributed by atoms with Crippen LogP contribution < -0.4 is 11.0 Å². The number of para-hydroxylation sites is 2. The number of hydrogen-bond donors (Lipinski definition) is 1. The molecule has 0 unspecified atom stereocenters. The van der Waals surface area contributed by atoms with Crippen LogP contribution in [0, 0.1) is 5.92 Å². The number of nitrogens with one attached hydrogen (secondary N) is 1. The summed E-state index contributed by atoms with van der Waals surface area (Å²) >= 11 is 0. The van der Waals surface area contributed by atoms with Gasteiger partial charge in [0.15, 0.2) is 0 Å². The van der Waals surface area contributed by atoms with Gasteiger partial charge in [-0.3, -0.25) is 9.59 Å². The Morgan fingerprint density at radius 2 is 1.57 bits per heavy atom. The van der Waals surface area contributed by atoms with Gasteiger partial charge < -0.3 is 5.32 Å². The minimum absolute atomic E-state index is 0.116. The number of anilines is 1. The van der Waals surface area contributed by atoms with Crippen molar-refractivity contribution in [3.8, 4) is 0 Å². The van der Waals surface area contributed by atoms with Crippen molar-refractivity contribution in [3.05, 3.63) is 59.0 Å². The van der Waals surface area contributed by atoms with Crippen molar-refractivity contribution in [1.82, 2.24) is 8.54 Å². The molecule has 1 saturated carbocycles. The molecule has 0 spiro atoms. The minimum Gasteiger partial charge on any atom is -0.326 e. The van der Waals surface area contributed by atoms with Crippen molar-refractivity contribution < 1.29 is 18.0 Å². The highest BCUT2D eigenvalue weighted by Crippen LogP contribution is 2.28. The Kier molecular flexibility index (Phi) is 5.07. The van der Waals surface area contributed by atoms with Gasteiger partial charge in [0.25, 0.3) is 10.0 Å². The lowest BCUT2D eigenvalue weighted by atomic mass is 10.1. The van der Waals surface area contributed by atoms with Crippen molar-refractivity contribution in [3.63, 3.8) is 0 Å². The Labute approximate surface area is 173 Å². The first-order valence-electron chi connectivity index (χ1n) is 9.70. The van der Waals surface area contributed by atoms with Gasteiger partial charge >= 0.3 is 5.69 Å². The van der Waals surface area contributed by atoms with Crippen molar-refractivity contribution in [2.45, 2.75) is 37.5 Å². The fourth-order valence-corrected chi connectivity index (χ4v) is 5.33. The first-order chi connectivity index (χ1) is 14.3. The van der Waals surface area contributed by atoms with Crippen LogP contribution in [0.15, 0.2) is 58.2 Å². The molecule has 0 saturated heterocycles. The number of nitrogens with zero attached hydrogens (tertiary/aromatic N) is 2. The summed E-state index contributed by atoms with van der Waals surface area (Å²) in [6.07, 6.45) is 3.23. The molecule has 9 heteroatoms. The smallest absolute Gasteiger partial charge is 0.326 e. The van der Waals surface area contributed by atoms with Gasteiger partial charge in [-0.15, -0.1) is 0 Å². The van der Waals surface area contributed by atoms with Crippen LogP contribution in [0.3, 0.4) is 0 Å². The fraction of sp³-hybridized carbons (Fsp3) is 0.286. The molecule has 1 amide bonds. The maximum absolute atomic E-state index is 13.3. The number of aromatic nitrogens is 2. The molecule has 0 aliphatic heterocycles. The molecule has 3 aromatic rings. The second-order valence-electron chi connectivity index (χ2n) is 7.40. The average Bonchev–Trinajstić information content (AvgIpc) is 3.33. The summed E-state index contributed by atoms with van der Waals surface area (Å²) in [6.45, 7) is 1.35. The standard InChI is InChI=1S/C21H21N3O5S/c1-14(25)22-16-10-12-17(13-11-16)30(28,29)24-19-9-5-4-8-18(19)23(21(24)27)20(26)15-6-2-3-7-15/h4-5,8-13,15H,2-3,6-7H2,1H3,(H,22,25). The van der Waals surface area contributed by atoms with E-state index in [1.807, 2.05) is 0 Å². The maximum atomic E-state index is 13.3. The number of carbonyl (C=O) groups excluding carboxylic acids is 2. The van der Waals surface area contributed by atoms with Crippen LogP contribution in [0.25, 0.3) is 11.0 Å². The minimum atomic E-state index is -4.26. The first-order valence-corrected chi connectivity index (χ1v) is 11.1. The second kappa shape index (κ2) is 7.56. The third kappa shape index (κ3) is 3.35. The predicted octanol–water partition coefficient (Wildman–Crippen LogP) is 2.83. The van der Waals surface area contributed by atoms with Crippen molar-refractivity contribution in [2.75, 3.05) is 5.32 Å². The van der Waals surface area contributed by atoms with Gasteiger partial charge in [0.05, 0.1) is 15.9 Å². The summed E-state index contributed by atoms with van der Waals surface area (Å²) in [5, 5.41) is 2.56. The molecule has 156 valence electrons. The lowest BCUT2D eigenvalue weighted by molar-refractivity contribution is -0.114. The molecule has 2 aromatic carbocycles. The molecule has 1 N–H and O–H groups in total. The zero-order chi connectivity index (χ0) is 21.5. The van der Waals surface area contributed by atoms with E-state index in [-0.39, 0.29) is 33.7 Å². The second-order valence-corrected chi connectivity index (χ2v) is 9.19. The Morgan fingerprint density at radius 1 is 0.967 bits per heavy atom. The Balaban J connectivity index is 1.86. The van der Waals surface area contributed by atoms with Gasteiger partial charge in [-0.2, -0.15) is 3.97 Å². The van der Waals surface area contributed by atoms with E-state index < -0.39 is 15.7 Å². The van der Waals surface area contributed by atoms with Crippen LogP contribution in [-0.4, -0.2) is 28.8 Å². The van der Waals surface area contributed by atoms with Crippen molar-refractivity contribution in [2.24, 2.45) is 5.92 Å². The molecule has 30 heavy (non-hydrogen) atoms. The van der Waals surface area contributed by atoms with E-state index in [0.717, 1.165) is 17.4 Å². The maximum Gasteiger partial charge on any atom is 0.350 e. The molecule has 4 rings (SSSR count). The normalized spacial score (nSPS) is 14.8. The number of imidazole rings is 1. The summed E-state index contributed by atoms with van der Waals surface area (Å²) in [5.41, 5.74) is -0.0238. The topological polar surface area (TPSA) is 107 Å². The molecule has 1 aromatic heterocycles. The van der Waals surface area contributed by atoms with Crippen LogP contribution in [0.5, 0.6) is 0 Å². The van der Waals surface area contributed by atoms with E-state index >= 15 is 0 Å². The monoisotopic (exact) mass is 427 g/mol. The quantitative estimate of drug-likeness (QED) is 0.689. The highest BCUT2D eigenvalue weighted by Gasteiger charge is 2.31. The summed E-state index contributed by atoms with van der Waals surface area (Å²) in [7, 11) is -4.26. The van der Waals surface area contributed by atoms with Gasteiger partial charge in [0.1, 0.15) is 0 Å². The third-order valence-electron chi connectivity index (χ3n) is 5.34. The summed E-state index contributed by atoms with van der Waals surface area (Å²) in [6, 6.07) is 11.9. The molecule has 1 aliphatic rings. The molecule has 1 heterocycles. The van der Waals surface area contributed by atoms with Crippen LogP contribution in [0.1, 0.15) is 37.4 Å². The average molecular weight is 427 g/mol. The van der Waals surface area contributed by atoms with Gasteiger partial charge in [-0.1, -0.05) is 25.0 Å². The van der Waals surface area contributed by atoms with Crippen molar-refractivity contribution in [1.29, 1.82) is 0 Å². The SMILES string of the molecule is CC(=O)Nc1ccc(S(=O)(=O)n2c(=O)n(C(=O)C3CCCC3)c3ccccc32)cc1. The molecular weight excluding hydrogens is 406 g/mol. The Bertz CT molecular complexity index is 1300. The molecule has 0 radical (unpaired) electrons. The number of carbonyl (C=O) groups is 2. The molecule has 8 nitrogen and oxygen atoms in total. The van der Waals surface area contributed by atoms with Gasteiger partial charge in [-0.05, 0) is 49.2 Å². The summed E-state index contributed by atoms with van der Waals surface area (Å²) in [4.78, 5) is 37.3. The number of amides is 1. The molecule has 1 fully saturated rings. The lowest BCUT2D eigenvalue weighted by Crippen LogP contribution is -2.34. The fourth-order valence-electron chi connectivity index (χ4n) is 3.94. The van der Waals surface area contributed by atoms with Gasteiger partial charge in [0.2, 0.25) is 11.8 Å². The lowest BCUT2D eigenvalue weighted by Gasteiger charge is -2.08. The van der Waals surface area contributed by atoms with E-state index in [1.165, 1.54) is 37.3 Å². The van der Waals surface area contributed by atoms with E-state index in [1.54, 1.807) is 18.2 Å². The summed E-state index contributed by atoms with van der Waals surface area (Å²) in [5.74, 6) is -0.916. The highest BCUT2D eigenvalue weighted by atomic mass is 32.2. The van der Waals surface area contributed by atoms with Crippen LogP contribution >= 0.6 is 0 Å². The van der Waals surface area contributed by atoms with Crippen LogP contribution in [-0.2, 0) is 14.8 Å². The number of hydrogen-bond acceptors (Lipinski definition) is 5. The van der Waals surface area contributed by atoms with Gasteiger partial charge in [-0.25, -0.2) is 17.8 Å². The molecule has 1 aliphatic carbocycles. The van der Waals surface area contributed by atoms with E-state index in [2.05, 4.69) is 5.32 Å². The van der Waals surface area contributed by atoms with Crippen molar-refractivity contribution >= 4 is 38.6 Å². The largest absolute Gasteiger partial charge is 0.350 e. The highest BCUT2D eigenvalue weighted by molar-refractivity contribution is 7.90. The third-order valence-corrected chi connectivity index (χ3v) is 7.05. The summed E-state index contributed by atoms with van der Waals surface area (Å²) < 4.78 is 28.3. The van der Waals surface area contributed by atoms with E-state index in [9.17, 15) is 22.8 Å². The zero-order valence-corrected chi connectivity index (χ0v) is 17.2. The van der Waals surface area contributed by atoms with Crippen LogP contribution in [0.2, 0.25) is 0 Å². The number of benzene rings is 2. The van der Waals surface area contributed by atoms with Gasteiger partial charge in [0, 0.05) is 18.5 Å². The Hall–Kier alpha value is -3.20. The molecule has 0 atom stereocenters. The molecule has 0 bridgehead atoms. The Morgan fingerprint density at radius 3 is 2.17 bits per heavy atom. The zero-order valence-electron chi connectivity index (χ0n) is 16.4. The predicted molar refractivity (Wildman–Crippen MR) is 112 cm³/mol.